The number of rotatable bonds is 4. The summed E-state index contributed by atoms with van der Waals surface area (Å²) in [7, 11) is 0. The fourth-order valence-electron chi connectivity index (χ4n) is 2.94. The summed E-state index contributed by atoms with van der Waals surface area (Å²) in [5.41, 5.74) is 0.583. The quantitative estimate of drug-likeness (QED) is 0.381. The molecule has 148 valence electrons. The lowest BCUT2D eigenvalue weighted by atomic mass is 10.1. The highest BCUT2D eigenvalue weighted by Gasteiger charge is 2.15. The SMILES string of the molecule is O=C(Oc1cccc2c(OC(=O)c3ccc(O)cc3)cccc12)c1ccc(O)cc1. The van der Waals surface area contributed by atoms with Gasteiger partial charge in [0.2, 0.25) is 0 Å². The Morgan fingerprint density at radius 1 is 0.533 bits per heavy atom. The van der Waals surface area contributed by atoms with E-state index in [1.165, 1.54) is 48.5 Å². The van der Waals surface area contributed by atoms with E-state index in [0.29, 0.717) is 33.4 Å². The topological polar surface area (TPSA) is 93.1 Å². The van der Waals surface area contributed by atoms with Gasteiger partial charge in [0, 0.05) is 10.8 Å². The van der Waals surface area contributed by atoms with Crippen LogP contribution in [0.2, 0.25) is 0 Å². The number of hydrogen-bond acceptors (Lipinski definition) is 6. The van der Waals surface area contributed by atoms with E-state index >= 15 is 0 Å². The molecule has 0 bridgehead atoms. The van der Waals surface area contributed by atoms with Crippen molar-refractivity contribution >= 4 is 22.7 Å². The molecule has 2 N–H and O–H groups in total. The molecule has 0 unspecified atom stereocenters. The molecule has 0 heterocycles. The van der Waals surface area contributed by atoms with Gasteiger partial charge in [-0.25, -0.2) is 9.59 Å². The molecule has 0 aromatic heterocycles. The highest BCUT2D eigenvalue weighted by atomic mass is 16.5. The number of carbonyl (C=O) groups excluding carboxylic acids is 2. The van der Waals surface area contributed by atoms with Crippen molar-refractivity contribution in [1.29, 1.82) is 0 Å². The molecule has 0 amide bonds. The van der Waals surface area contributed by atoms with Crippen molar-refractivity contribution < 1.29 is 29.3 Å². The molecule has 6 nitrogen and oxygen atoms in total. The average molecular weight is 400 g/mol. The van der Waals surface area contributed by atoms with Gasteiger partial charge < -0.3 is 19.7 Å². The zero-order valence-corrected chi connectivity index (χ0v) is 15.6. The number of phenols is 2. The van der Waals surface area contributed by atoms with Crippen LogP contribution in [0.1, 0.15) is 20.7 Å². The normalized spacial score (nSPS) is 10.5. The lowest BCUT2D eigenvalue weighted by Gasteiger charge is -2.11. The molecule has 0 spiro atoms. The summed E-state index contributed by atoms with van der Waals surface area (Å²) in [4.78, 5) is 24.9. The van der Waals surface area contributed by atoms with Gasteiger partial charge in [-0.15, -0.1) is 0 Å². The Balaban J connectivity index is 1.62. The zero-order chi connectivity index (χ0) is 21.1. The summed E-state index contributed by atoms with van der Waals surface area (Å²) in [6.45, 7) is 0. The van der Waals surface area contributed by atoms with Crippen LogP contribution in [0, 0.1) is 0 Å². The van der Waals surface area contributed by atoms with Crippen LogP contribution < -0.4 is 9.47 Å². The van der Waals surface area contributed by atoms with E-state index in [4.69, 9.17) is 9.47 Å². The van der Waals surface area contributed by atoms with Gasteiger partial charge in [-0.2, -0.15) is 0 Å². The Labute approximate surface area is 171 Å². The fourth-order valence-corrected chi connectivity index (χ4v) is 2.94. The van der Waals surface area contributed by atoms with Crippen LogP contribution in [-0.4, -0.2) is 22.2 Å². The third-order valence-electron chi connectivity index (χ3n) is 4.45. The number of benzene rings is 4. The molecular weight excluding hydrogens is 384 g/mol. The standard InChI is InChI=1S/C24H16O6/c25-17-11-7-15(8-12-17)23(27)29-21-5-1-3-19-20(21)4-2-6-22(19)30-24(28)16-9-13-18(26)14-10-16/h1-14,25-26H. The van der Waals surface area contributed by atoms with Crippen LogP contribution in [0.15, 0.2) is 84.9 Å². The molecule has 0 radical (unpaired) electrons. The minimum atomic E-state index is -0.575. The largest absolute Gasteiger partial charge is 0.508 e. The molecular formula is C24H16O6. The molecule has 30 heavy (non-hydrogen) atoms. The first-order valence-corrected chi connectivity index (χ1v) is 9.05. The maximum absolute atomic E-state index is 12.4. The number of fused-ring (bicyclic) bond motifs is 1. The first-order valence-electron chi connectivity index (χ1n) is 9.05. The Morgan fingerprint density at radius 2 is 0.900 bits per heavy atom. The molecule has 4 aromatic rings. The van der Waals surface area contributed by atoms with Gasteiger partial charge in [0.15, 0.2) is 0 Å². The molecule has 0 aliphatic rings. The molecule has 4 aromatic carbocycles. The van der Waals surface area contributed by atoms with Gasteiger partial charge in [0.25, 0.3) is 0 Å². The van der Waals surface area contributed by atoms with Crippen LogP contribution in [-0.2, 0) is 0 Å². The van der Waals surface area contributed by atoms with Crippen LogP contribution in [0.3, 0.4) is 0 Å². The fraction of sp³-hybridized carbons (Fsp3) is 0. The Bertz CT molecular complexity index is 1130. The Hall–Kier alpha value is -4.32. The van der Waals surface area contributed by atoms with E-state index in [1.54, 1.807) is 36.4 Å². The van der Waals surface area contributed by atoms with Crippen LogP contribution in [0.25, 0.3) is 10.8 Å². The molecule has 0 saturated heterocycles. The first-order chi connectivity index (χ1) is 14.5. The molecule has 0 aliphatic heterocycles. The molecule has 0 atom stereocenters. The van der Waals surface area contributed by atoms with E-state index in [2.05, 4.69) is 0 Å². The van der Waals surface area contributed by atoms with Crippen molar-refractivity contribution in [2.24, 2.45) is 0 Å². The Kier molecular flexibility index (Phi) is 5.05. The number of carbonyl (C=O) groups is 2. The second-order valence-corrected chi connectivity index (χ2v) is 6.48. The minimum Gasteiger partial charge on any atom is -0.508 e. The predicted octanol–water partition coefficient (Wildman–Crippen LogP) is 4.69. The van der Waals surface area contributed by atoms with Crippen LogP contribution in [0.4, 0.5) is 0 Å². The summed E-state index contributed by atoms with van der Waals surface area (Å²) in [5.74, 6) is -0.419. The van der Waals surface area contributed by atoms with Crippen LogP contribution >= 0.6 is 0 Å². The second kappa shape index (κ2) is 7.97. The molecule has 0 fully saturated rings. The third kappa shape index (κ3) is 3.93. The van der Waals surface area contributed by atoms with Gasteiger partial charge in [0.05, 0.1) is 11.1 Å². The predicted molar refractivity (Wildman–Crippen MR) is 110 cm³/mol. The van der Waals surface area contributed by atoms with Crippen LogP contribution in [0.5, 0.6) is 23.0 Å². The average Bonchev–Trinajstić information content (AvgIpc) is 2.75. The van der Waals surface area contributed by atoms with Crippen molar-refractivity contribution in [3.05, 3.63) is 96.1 Å². The first kappa shape index (κ1) is 19.0. The number of phenolic OH excluding ortho intramolecular Hbond substituents is 2. The second-order valence-electron chi connectivity index (χ2n) is 6.48. The lowest BCUT2D eigenvalue weighted by molar-refractivity contribution is 0.0725. The molecule has 0 saturated carbocycles. The number of hydrogen-bond donors (Lipinski definition) is 2. The van der Waals surface area contributed by atoms with E-state index in [0.717, 1.165) is 0 Å². The van der Waals surface area contributed by atoms with E-state index in [9.17, 15) is 19.8 Å². The summed E-state index contributed by atoms with van der Waals surface area (Å²) in [6, 6.07) is 21.7. The molecule has 6 heteroatoms. The van der Waals surface area contributed by atoms with Crippen molar-refractivity contribution in [2.45, 2.75) is 0 Å². The highest BCUT2D eigenvalue weighted by molar-refractivity contribution is 5.99. The minimum absolute atomic E-state index is 0.0526. The van der Waals surface area contributed by atoms with Gasteiger partial charge in [-0.1, -0.05) is 24.3 Å². The van der Waals surface area contributed by atoms with Crippen molar-refractivity contribution in [2.75, 3.05) is 0 Å². The summed E-state index contributed by atoms with van der Waals surface area (Å²) < 4.78 is 11.0. The summed E-state index contributed by atoms with van der Waals surface area (Å²) in [5, 5.41) is 19.9. The Morgan fingerprint density at radius 3 is 1.27 bits per heavy atom. The number of esters is 2. The smallest absolute Gasteiger partial charge is 0.343 e. The maximum atomic E-state index is 12.4. The maximum Gasteiger partial charge on any atom is 0.343 e. The van der Waals surface area contributed by atoms with E-state index in [1.807, 2.05) is 0 Å². The van der Waals surface area contributed by atoms with Gasteiger partial charge >= 0.3 is 11.9 Å². The summed E-state index contributed by atoms with van der Waals surface area (Å²) >= 11 is 0. The van der Waals surface area contributed by atoms with Gasteiger partial charge in [-0.3, -0.25) is 0 Å². The number of ether oxygens (including phenoxy) is 2. The molecule has 4 rings (SSSR count). The third-order valence-corrected chi connectivity index (χ3v) is 4.45. The van der Waals surface area contributed by atoms with Crippen molar-refractivity contribution in [1.82, 2.24) is 0 Å². The van der Waals surface area contributed by atoms with Crippen molar-refractivity contribution in [3.63, 3.8) is 0 Å². The van der Waals surface area contributed by atoms with Gasteiger partial charge in [0.1, 0.15) is 23.0 Å². The molecule has 0 aliphatic carbocycles. The van der Waals surface area contributed by atoms with Crippen molar-refractivity contribution in [3.8, 4) is 23.0 Å². The highest BCUT2D eigenvalue weighted by Crippen LogP contribution is 2.33. The number of aromatic hydroxyl groups is 2. The monoisotopic (exact) mass is 400 g/mol. The van der Waals surface area contributed by atoms with Gasteiger partial charge in [-0.05, 0) is 60.7 Å². The summed E-state index contributed by atoms with van der Waals surface area (Å²) in [6.07, 6.45) is 0. The lowest BCUT2D eigenvalue weighted by Crippen LogP contribution is -2.09. The van der Waals surface area contributed by atoms with E-state index < -0.39 is 11.9 Å². The van der Waals surface area contributed by atoms with E-state index in [-0.39, 0.29) is 11.5 Å². The zero-order valence-electron chi connectivity index (χ0n) is 15.6.